The van der Waals surface area contributed by atoms with Crippen LogP contribution in [-0.4, -0.2) is 32.7 Å². The van der Waals surface area contributed by atoms with E-state index in [1.807, 2.05) is 0 Å². The van der Waals surface area contributed by atoms with E-state index in [1.54, 1.807) is 0 Å². The van der Waals surface area contributed by atoms with E-state index in [1.165, 1.54) is 7.11 Å². The molecule has 0 saturated heterocycles. The van der Waals surface area contributed by atoms with Crippen LogP contribution in [0.2, 0.25) is 0 Å². The zero-order valence-electron chi connectivity index (χ0n) is 9.92. The number of anilines is 1. The van der Waals surface area contributed by atoms with Crippen LogP contribution in [0.4, 0.5) is 15.8 Å². The summed E-state index contributed by atoms with van der Waals surface area (Å²) in [6.45, 7) is -0.128. The molecule has 19 heavy (non-hydrogen) atoms. The average Bonchev–Trinajstić information content (AvgIpc) is 2.29. The van der Waals surface area contributed by atoms with E-state index in [0.717, 1.165) is 6.07 Å². The Hall–Kier alpha value is -1.94. The number of sulfonamides is 1. The van der Waals surface area contributed by atoms with E-state index in [9.17, 15) is 22.9 Å². The van der Waals surface area contributed by atoms with Crippen molar-refractivity contribution in [1.82, 2.24) is 0 Å². The number of methoxy groups -OCH3 is 1. The minimum Gasteiger partial charge on any atom is -0.490 e. The van der Waals surface area contributed by atoms with Gasteiger partial charge in [-0.1, -0.05) is 0 Å². The summed E-state index contributed by atoms with van der Waals surface area (Å²) < 4.78 is 39.7. The molecule has 10 heteroatoms. The molecule has 0 bridgehead atoms. The van der Waals surface area contributed by atoms with Gasteiger partial charge >= 0.3 is 5.69 Å². The Labute approximate surface area is 108 Å². The van der Waals surface area contributed by atoms with Crippen LogP contribution in [0.15, 0.2) is 12.1 Å². The first kappa shape index (κ1) is 15.1. The summed E-state index contributed by atoms with van der Waals surface area (Å²) in [6, 6.07) is 1.77. The lowest BCUT2D eigenvalue weighted by Crippen LogP contribution is -2.22. The van der Waals surface area contributed by atoms with Crippen molar-refractivity contribution >= 4 is 21.4 Å². The minimum absolute atomic E-state index is 0.105. The molecule has 0 spiro atoms. The lowest BCUT2D eigenvalue weighted by molar-refractivity contribution is -0.385. The molecule has 0 saturated carbocycles. The molecule has 0 aromatic heterocycles. The molecule has 0 atom stereocenters. The standard InChI is InChI=1S/C9H12FN3O5S/c1-18-9-5-7(12-2-3-19(11,16)17)6(10)4-8(9)13(14)15/h4-5,12H,2-3H2,1H3,(H2,11,16,17). The van der Waals surface area contributed by atoms with Crippen molar-refractivity contribution in [3.8, 4) is 5.75 Å². The summed E-state index contributed by atoms with van der Waals surface area (Å²) in [5.74, 6) is -1.42. The number of hydrogen-bond donors (Lipinski definition) is 2. The molecule has 1 aromatic carbocycles. The number of rotatable bonds is 6. The van der Waals surface area contributed by atoms with E-state index >= 15 is 0 Å². The van der Waals surface area contributed by atoms with Crippen LogP contribution in [0.3, 0.4) is 0 Å². The van der Waals surface area contributed by atoms with Crippen molar-refractivity contribution in [2.45, 2.75) is 0 Å². The fourth-order valence-corrected chi connectivity index (χ4v) is 1.70. The molecule has 1 rings (SSSR count). The molecule has 106 valence electrons. The van der Waals surface area contributed by atoms with Gasteiger partial charge in [0.15, 0.2) is 11.6 Å². The van der Waals surface area contributed by atoms with Gasteiger partial charge in [-0.25, -0.2) is 17.9 Å². The maximum atomic E-state index is 13.5. The molecule has 8 nitrogen and oxygen atoms in total. The molecule has 0 heterocycles. The van der Waals surface area contributed by atoms with Crippen LogP contribution in [0.1, 0.15) is 0 Å². The molecule has 0 radical (unpaired) electrons. The summed E-state index contributed by atoms with van der Waals surface area (Å²) in [7, 11) is -2.47. The van der Waals surface area contributed by atoms with Gasteiger partial charge in [0, 0.05) is 12.6 Å². The Kier molecular flexibility index (Phi) is 4.62. The van der Waals surface area contributed by atoms with Gasteiger partial charge in [0.25, 0.3) is 0 Å². The normalized spacial score (nSPS) is 11.1. The van der Waals surface area contributed by atoms with Gasteiger partial charge in [-0.05, 0) is 0 Å². The zero-order valence-corrected chi connectivity index (χ0v) is 10.7. The Morgan fingerprint density at radius 3 is 2.63 bits per heavy atom. The second kappa shape index (κ2) is 5.80. The van der Waals surface area contributed by atoms with Crippen molar-refractivity contribution in [3.63, 3.8) is 0 Å². The van der Waals surface area contributed by atoms with Crippen LogP contribution in [0.5, 0.6) is 5.75 Å². The van der Waals surface area contributed by atoms with Crippen LogP contribution in [0.25, 0.3) is 0 Å². The van der Waals surface area contributed by atoms with E-state index in [-0.39, 0.29) is 18.0 Å². The first-order chi connectivity index (χ1) is 8.74. The third-order valence-electron chi connectivity index (χ3n) is 2.17. The maximum Gasteiger partial charge on any atom is 0.313 e. The smallest absolute Gasteiger partial charge is 0.313 e. The van der Waals surface area contributed by atoms with Gasteiger partial charge in [0.2, 0.25) is 10.0 Å². The molecular formula is C9H12FN3O5S. The van der Waals surface area contributed by atoms with Gasteiger partial charge in [-0.15, -0.1) is 0 Å². The highest BCUT2D eigenvalue weighted by molar-refractivity contribution is 7.89. The van der Waals surface area contributed by atoms with Crippen molar-refractivity contribution in [3.05, 3.63) is 28.1 Å². The first-order valence-electron chi connectivity index (χ1n) is 5.01. The third kappa shape index (κ3) is 4.34. The Bertz CT molecular complexity index is 590. The van der Waals surface area contributed by atoms with E-state index in [2.05, 4.69) is 5.32 Å². The first-order valence-corrected chi connectivity index (χ1v) is 6.72. The molecule has 0 fully saturated rings. The molecule has 0 aliphatic carbocycles. The number of hydrogen-bond acceptors (Lipinski definition) is 6. The van der Waals surface area contributed by atoms with Gasteiger partial charge in [-0.2, -0.15) is 0 Å². The summed E-state index contributed by atoms with van der Waals surface area (Å²) in [5, 5.41) is 17.9. The predicted molar refractivity (Wildman–Crippen MR) is 66.1 cm³/mol. The number of nitro groups is 1. The second-order valence-corrected chi connectivity index (χ2v) is 5.29. The third-order valence-corrected chi connectivity index (χ3v) is 2.94. The molecule has 0 aliphatic heterocycles. The highest BCUT2D eigenvalue weighted by Crippen LogP contribution is 2.32. The number of ether oxygens (including phenoxy) is 1. The van der Waals surface area contributed by atoms with E-state index in [0.29, 0.717) is 6.07 Å². The number of halogens is 1. The van der Waals surface area contributed by atoms with Crippen molar-refractivity contribution < 1.29 is 22.5 Å². The molecular weight excluding hydrogens is 281 g/mol. The lowest BCUT2D eigenvalue weighted by Gasteiger charge is -2.09. The van der Waals surface area contributed by atoms with Crippen molar-refractivity contribution in [2.24, 2.45) is 5.14 Å². The van der Waals surface area contributed by atoms with Crippen LogP contribution in [0, 0.1) is 15.9 Å². The van der Waals surface area contributed by atoms with Crippen LogP contribution in [-0.2, 0) is 10.0 Å². The number of nitro benzene ring substituents is 1. The Morgan fingerprint density at radius 1 is 1.53 bits per heavy atom. The van der Waals surface area contributed by atoms with Crippen LogP contribution < -0.4 is 15.2 Å². The molecule has 0 aliphatic rings. The molecule has 0 amide bonds. The predicted octanol–water partition coefficient (Wildman–Crippen LogP) is 0.443. The second-order valence-electron chi connectivity index (χ2n) is 3.55. The van der Waals surface area contributed by atoms with Gasteiger partial charge in [0.1, 0.15) is 0 Å². The van der Waals surface area contributed by atoms with E-state index < -0.39 is 32.2 Å². The van der Waals surface area contributed by atoms with Gasteiger partial charge in [-0.3, -0.25) is 10.1 Å². The van der Waals surface area contributed by atoms with Gasteiger partial charge < -0.3 is 10.1 Å². The topological polar surface area (TPSA) is 125 Å². The number of nitrogens with two attached hydrogens (primary N) is 1. The number of nitrogens with one attached hydrogen (secondary N) is 1. The quantitative estimate of drug-likeness (QED) is 0.579. The highest BCUT2D eigenvalue weighted by atomic mass is 32.2. The zero-order chi connectivity index (χ0) is 14.6. The molecule has 3 N–H and O–H groups in total. The fourth-order valence-electron chi connectivity index (χ4n) is 1.31. The number of nitrogens with zero attached hydrogens (tertiary/aromatic N) is 1. The summed E-state index contributed by atoms with van der Waals surface area (Å²) in [6.07, 6.45) is 0. The summed E-state index contributed by atoms with van der Waals surface area (Å²) >= 11 is 0. The van der Waals surface area contributed by atoms with Crippen LogP contribution >= 0.6 is 0 Å². The average molecular weight is 293 g/mol. The fraction of sp³-hybridized carbons (Fsp3) is 0.333. The summed E-state index contributed by atoms with van der Waals surface area (Å²) in [5.41, 5.74) is -0.622. The van der Waals surface area contributed by atoms with E-state index in [4.69, 9.17) is 9.88 Å². The lowest BCUT2D eigenvalue weighted by atomic mass is 10.2. The molecule has 1 aromatic rings. The largest absolute Gasteiger partial charge is 0.490 e. The Morgan fingerprint density at radius 2 is 2.16 bits per heavy atom. The number of primary sulfonamides is 1. The highest BCUT2D eigenvalue weighted by Gasteiger charge is 2.19. The van der Waals surface area contributed by atoms with Crippen molar-refractivity contribution in [2.75, 3.05) is 24.7 Å². The maximum absolute atomic E-state index is 13.5. The van der Waals surface area contributed by atoms with Gasteiger partial charge in [0.05, 0.1) is 29.5 Å². The minimum atomic E-state index is -3.67. The number of benzene rings is 1. The molecule has 0 unspecified atom stereocenters. The Balaban J connectivity index is 2.94. The monoisotopic (exact) mass is 293 g/mol. The summed E-state index contributed by atoms with van der Waals surface area (Å²) in [4.78, 5) is 9.85. The van der Waals surface area contributed by atoms with Crippen molar-refractivity contribution in [1.29, 1.82) is 0 Å². The SMILES string of the molecule is COc1cc(NCCS(N)(=O)=O)c(F)cc1[N+](=O)[O-].